The quantitative estimate of drug-likeness (QED) is 0.631. The number of ether oxygens (including phenoxy) is 2. The van der Waals surface area contributed by atoms with Gasteiger partial charge in [0.1, 0.15) is 24.3 Å². The molecule has 7 heteroatoms. The van der Waals surface area contributed by atoms with Crippen LogP contribution in [-0.2, 0) is 11.3 Å². The number of hydrogen-bond acceptors (Lipinski definition) is 6. The lowest BCUT2D eigenvalue weighted by molar-refractivity contribution is 0.0526. The van der Waals surface area contributed by atoms with Crippen LogP contribution in [0.15, 0.2) is 53.3 Å². The Bertz CT molecular complexity index is 1030. The van der Waals surface area contributed by atoms with Gasteiger partial charge < -0.3 is 14.6 Å². The zero-order valence-electron chi connectivity index (χ0n) is 15.8. The Hall–Kier alpha value is -3.19. The number of benzene rings is 2. The second kappa shape index (κ2) is 8.67. The molecule has 3 aromatic rings. The number of aromatic nitrogens is 2. The molecule has 3 rings (SSSR count). The van der Waals surface area contributed by atoms with Gasteiger partial charge in [0.25, 0.3) is 5.56 Å². The van der Waals surface area contributed by atoms with Crippen LogP contribution in [0.25, 0.3) is 10.9 Å². The van der Waals surface area contributed by atoms with E-state index in [2.05, 4.69) is 4.98 Å². The van der Waals surface area contributed by atoms with Crippen molar-refractivity contribution in [2.45, 2.75) is 26.5 Å². The Balaban J connectivity index is 1.65. The summed E-state index contributed by atoms with van der Waals surface area (Å²) >= 11 is 0. The van der Waals surface area contributed by atoms with Crippen LogP contribution in [-0.4, -0.2) is 39.9 Å². The van der Waals surface area contributed by atoms with Crippen LogP contribution in [0.1, 0.15) is 23.1 Å². The van der Waals surface area contributed by atoms with Crippen molar-refractivity contribution >= 4 is 16.9 Å². The molecule has 0 aliphatic carbocycles. The monoisotopic (exact) mass is 382 g/mol. The summed E-state index contributed by atoms with van der Waals surface area (Å²) in [6, 6.07) is 13.6. The molecular formula is C21H22N2O5. The molecule has 146 valence electrons. The van der Waals surface area contributed by atoms with Gasteiger partial charge in [0.2, 0.25) is 0 Å². The van der Waals surface area contributed by atoms with Crippen LogP contribution in [0.5, 0.6) is 5.75 Å². The van der Waals surface area contributed by atoms with E-state index < -0.39 is 12.1 Å². The maximum Gasteiger partial charge on any atom is 0.338 e. The van der Waals surface area contributed by atoms with Crippen molar-refractivity contribution in [3.63, 3.8) is 0 Å². The van der Waals surface area contributed by atoms with Crippen molar-refractivity contribution in [2.75, 3.05) is 13.2 Å². The largest absolute Gasteiger partial charge is 0.491 e. The highest BCUT2D eigenvalue weighted by Crippen LogP contribution is 2.14. The Morgan fingerprint density at radius 2 is 1.89 bits per heavy atom. The Kier molecular flexibility index (Phi) is 6.06. The van der Waals surface area contributed by atoms with Gasteiger partial charge in [-0.15, -0.1) is 0 Å². The molecule has 1 N–H and O–H groups in total. The summed E-state index contributed by atoms with van der Waals surface area (Å²) in [5.74, 6) is 0.641. The minimum Gasteiger partial charge on any atom is -0.491 e. The zero-order valence-corrected chi connectivity index (χ0v) is 15.8. The Morgan fingerprint density at radius 3 is 2.61 bits per heavy atom. The lowest BCUT2D eigenvalue weighted by Gasteiger charge is -2.16. The third-order valence-electron chi connectivity index (χ3n) is 4.25. The summed E-state index contributed by atoms with van der Waals surface area (Å²) in [5, 5.41) is 10.8. The third-order valence-corrected chi connectivity index (χ3v) is 4.25. The fraction of sp³-hybridized carbons (Fsp3) is 0.286. The molecule has 0 fully saturated rings. The van der Waals surface area contributed by atoms with Gasteiger partial charge in [-0.1, -0.05) is 12.1 Å². The maximum atomic E-state index is 12.6. The van der Waals surface area contributed by atoms with Gasteiger partial charge in [0.15, 0.2) is 0 Å². The number of aliphatic hydroxyl groups excluding tert-OH is 1. The maximum absolute atomic E-state index is 12.6. The predicted molar refractivity (Wildman–Crippen MR) is 105 cm³/mol. The summed E-state index contributed by atoms with van der Waals surface area (Å²) < 4.78 is 11.9. The molecule has 0 unspecified atom stereocenters. The number of para-hydroxylation sites is 1. The molecule has 0 amide bonds. The number of rotatable bonds is 7. The van der Waals surface area contributed by atoms with E-state index in [1.165, 1.54) is 4.57 Å². The molecule has 0 aliphatic rings. The van der Waals surface area contributed by atoms with Crippen LogP contribution in [0.3, 0.4) is 0 Å². The smallest absolute Gasteiger partial charge is 0.338 e. The number of hydrogen-bond donors (Lipinski definition) is 1. The molecule has 0 spiro atoms. The van der Waals surface area contributed by atoms with Gasteiger partial charge in [-0.05, 0) is 50.2 Å². The fourth-order valence-corrected chi connectivity index (χ4v) is 2.85. The van der Waals surface area contributed by atoms with Crippen LogP contribution < -0.4 is 10.3 Å². The van der Waals surface area contributed by atoms with Crippen molar-refractivity contribution in [1.29, 1.82) is 0 Å². The summed E-state index contributed by atoms with van der Waals surface area (Å²) in [6.07, 6.45) is -0.899. The van der Waals surface area contributed by atoms with E-state index in [0.717, 1.165) is 0 Å². The first-order chi connectivity index (χ1) is 13.5. The molecule has 0 aliphatic heterocycles. The number of nitrogens with zero attached hydrogens (tertiary/aromatic N) is 2. The molecule has 1 aromatic heterocycles. The van der Waals surface area contributed by atoms with E-state index >= 15 is 0 Å². The van der Waals surface area contributed by atoms with Gasteiger partial charge in [0, 0.05) is 0 Å². The van der Waals surface area contributed by atoms with Gasteiger partial charge >= 0.3 is 5.97 Å². The van der Waals surface area contributed by atoms with Crippen molar-refractivity contribution < 1.29 is 19.4 Å². The number of aliphatic hydroxyl groups is 1. The second-order valence-corrected chi connectivity index (χ2v) is 6.30. The molecule has 0 saturated heterocycles. The van der Waals surface area contributed by atoms with Crippen molar-refractivity contribution in [3.8, 4) is 5.75 Å². The van der Waals surface area contributed by atoms with Gasteiger partial charge in [-0.3, -0.25) is 9.36 Å². The summed E-state index contributed by atoms with van der Waals surface area (Å²) in [5.41, 5.74) is 0.869. The Labute approximate surface area is 162 Å². The standard InChI is InChI=1S/C21H22N2O5/c1-3-27-21(26)15-8-10-17(11-9-15)28-13-16(24)12-23-14(2)22-19-7-5-4-6-18(19)20(23)25/h4-11,16,24H,3,12-13H2,1-2H3/t16-/m1/s1. The highest BCUT2D eigenvalue weighted by Gasteiger charge is 2.13. The molecular weight excluding hydrogens is 360 g/mol. The molecule has 0 bridgehead atoms. The lowest BCUT2D eigenvalue weighted by Crippen LogP contribution is -2.32. The molecule has 28 heavy (non-hydrogen) atoms. The first kappa shape index (κ1) is 19.6. The number of aryl methyl sites for hydroxylation is 1. The van der Waals surface area contributed by atoms with E-state index in [-0.39, 0.29) is 18.7 Å². The molecule has 0 radical (unpaired) electrons. The molecule has 2 aromatic carbocycles. The van der Waals surface area contributed by atoms with Crippen molar-refractivity contribution in [2.24, 2.45) is 0 Å². The molecule has 1 heterocycles. The molecule has 7 nitrogen and oxygen atoms in total. The van der Waals surface area contributed by atoms with E-state index in [9.17, 15) is 14.7 Å². The first-order valence-corrected chi connectivity index (χ1v) is 9.04. The van der Waals surface area contributed by atoms with Crippen molar-refractivity contribution in [3.05, 3.63) is 70.3 Å². The van der Waals surface area contributed by atoms with Gasteiger partial charge in [0.05, 0.1) is 29.6 Å². The molecule has 1 atom stereocenters. The summed E-state index contributed by atoms with van der Waals surface area (Å²) in [7, 11) is 0. The predicted octanol–water partition coefficient (Wildman–Crippen LogP) is 2.32. The third kappa shape index (κ3) is 4.37. The minimum absolute atomic E-state index is 0.00252. The van der Waals surface area contributed by atoms with E-state index in [0.29, 0.717) is 34.6 Å². The second-order valence-electron chi connectivity index (χ2n) is 6.30. The first-order valence-electron chi connectivity index (χ1n) is 9.04. The highest BCUT2D eigenvalue weighted by atomic mass is 16.5. The molecule has 0 saturated carbocycles. The summed E-state index contributed by atoms with van der Waals surface area (Å²) in [4.78, 5) is 28.7. The van der Waals surface area contributed by atoms with E-state index in [4.69, 9.17) is 9.47 Å². The minimum atomic E-state index is -0.899. The van der Waals surface area contributed by atoms with Crippen LogP contribution >= 0.6 is 0 Å². The van der Waals surface area contributed by atoms with E-state index in [1.54, 1.807) is 56.3 Å². The number of esters is 1. The Morgan fingerprint density at radius 1 is 1.18 bits per heavy atom. The average molecular weight is 382 g/mol. The lowest BCUT2D eigenvalue weighted by atomic mass is 10.2. The number of fused-ring (bicyclic) bond motifs is 1. The van der Waals surface area contributed by atoms with Crippen LogP contribution in [0.4, 0.5) is 0 Å². The van der Waals surface area contributed by atoms with Gasteiger partial charge in [-0.2, -0.15) is 0 Å². The average Bonchev–Trinajstić information content (AvgIpc) is 2.70. The summed E-state index contributed by atoms with van der Waals surface area (Å²) in [6.45, 7) is 3.86. The zero-order chi connectivity index (χ0) is 20.1. The van der Waals surface area contributed by atoms with Crippen LogP contribution in [0.2, 0.25) is 0 Å². The SMILES string of the molecule is CCOC(=O)c1ccc(OC[C@H](O)Cn2c(C)nc3ccccc3c2=O)cc1. The highest BCUT2D eigenvalue weighted by molar-refractivity contribution is 5.89. The topological polar surface area (TPSA) is 90.7 Å². The van der Waals surface area contributed by atoms with Gasteiger partial charge in [-0.25, -0.2) is 9.78 Å². The van der Waals surface area contributed by atoms with E-state index in [1.807, 2.05) is 6.07 Å². The normalized spacial score (nSPS) is 12.0. The van der Waals surface area contributed by atoms with Crippen LogP contribution in [0, 0.1) is 6.92 Å². The number of carbonyl (C=O) groups excluding carboxylic acids is 1. The number of carbonyl (C=O) groups is 1. The van der Waals surface area contributed by atoms with Crippen molar-refractivity contribution in [1.82, 2.24) is 9.55 Å². The fourth-order valence-electron chi connectivity index (χ4n) is 2.85.